The maximum atomic E-state index is 11.8. The van der Waals surface area contributed by atoms with Crippen molar-refractivity contribution >= 4 is 17.2 Å². The molecule has 17 heavy (non-hydrogen) atoms. The molecule has 1 amide bonds. The molecule has 0 aliphatic heterocycles. The molecule has 92 valence electrons. The van der Waals surface area contributed by atoms with Gasteiger partial charge in [-0.25, -0.2) is 0 Å². The highest BCUT2D eigenvalue weighted by Gasteiger charge is 2.14. The molecule has 0 aliphatic rings. The summed E-state index contributed by atoms with van der Waals surface area (Å²) in [6.45, 7) is 4.14. The fourth-order valence-corrected chi connectivity index (χ4v) is 2.20. The van der Waals surface area contributed by atoms with E-state index >= 15 is 0 Å². The zero-order chi connectivity index (χ0) is 13.0. The summed E-state index contributed by atoms with van der Waals surface area (Å²) >= 11 is 1.15. The Balaban J connectivity index is 2.75. The standard InChI is InChI=1S/C11H15N3O2S/c1-8-9(2)17-11(16)14(8)7-10(15)13(3)6-4-5-12/h4,6-7H2,1-3H3. The van der Waals surface area contributed by atoms with Crippen LogP contribution in [0.25, 0.3) is 0 Å². The molecule has 0 aliphatic carbocycles. The van der Waals surface area contributed by atoms with Crippen molar-refractivity contribution in [2.24, 2.45) is 0 Å². The number of aryl methyl sites for hydroxylation is 1. The van der Waals surface area contributed by atoms with Crippen LogP contribution in [0.15, 0.2) is 4.79 Å². The van der Waals surface area contributed by atoms with Gasteiger partial charge in [0.15, 0.2) is 0 Å². The van der Waals surface area contributed by atoms with Crippen LogP contribution in [0.2, 0.25) is 0 Å². The van der Waals surface area contributed by atoms with E-state index < -0.39 is 0 Å². The molecule has 0 N–H and O–H groups in total. The van der Waals surface area contributed by atoms with Crippen LogP contribution >= 0.6 is 11.3 Å². The lowest BCUT2D eigenvalue weighted by Crippen LogP contribution is -2.33. The number of rotatable bonds is 4. The lowest BCUT2D eigenvalue weighted by atomic mass is 10.4. The van der Waals surface area contributed by atoms with Gasteiger partial charge in [-0.1, -0.05) is 11.3 Å². The van der Waals surface area contributed by atoms with E-state index in [1.807, 2.05) is 19.9 Å². The molecule has 0 bridgehead atoms. The highest BCUT2D eigenvalue weighted by atomic mass is 32.1. The minimum absolute atomic E-state index is 0.0525. The van der Waals surface area contributed by atoms with E-state index in [4.69, 9.17) is 5.26 Å². The second-order valence-electron chi connectivity index (χ2n) is 3.82. The van der Waals surface area contributed by atoms with Crippen molar-refractivity contribution in [1.82, 2.24) is 9.47 Å². The van der Waals surface area contributed by atoms with Crippen molar-refractivity contribution in [3.8, 4) is 6.07 Å². The molecule has 0 unspecified atom stereocenters. The van der Waals surface area contributed by atoms with E-state index in [1.165, 1.54) is 9.47 Å². The summed E-state index contributed by atoms with van der Waals surface area (Å²) in [5, 5.41) is 8.44. The van der Waals surface area contributed by atoms with Gasteiger partial charge in [-0.15, -0.1) is 0 Å². The Bertz CT molecular complexity index is 510. The van der Waals surface area contributed by atoms with Crippen LogP contribution in [0.5, 0.6) is 0 Å². The molecular weight excluding hydrogens is 238 g/mol. The van der Waals surface area contributed by atoms with E-state index in [2.05, 4.69) is 0 Å². The Morgan fingerprint density at radius 3 is 2.65 bits per heavy atom. The van der Waals surface area contributed by atoms with Crippen molar-refractivity contribution in [3.05, 3.63) is 20.2 Å². The van der Waals surface area contributed by atoms with E-state index in [1.54, 1.807) is 7.05 Å². The molecule has 0 radical (unpaired) electrons. The number of thiazole rings is 1. The highest BCUT2D eigenvalue weighted by molar-refractivity contribution is 7.09. The normalized spacial score (nSPS) is 10.0. The summed E-state index contributed by atoms with van der Waals surface area (Å²) in [6.07, 6.45) is 0.304. The minimum Gasteiger partial charge on any atom is -0.343 e. The average Bonchev–Trinajstić information content (AvgIpc) is 2.52. The van der Waals surface area contributed by atoms with Crippen LogP contribution in [0.3, 0.4) is 0 Å². The maximum Gasteiger partial charge on any atom is 0.308 e. The van der Waals surface area contributed by atoms with Gasteiger partial charge in [-0.2, -0.15) is 5.26 Å². The number of hydrogen-bond acceptors (Lipinski definition) is 4. The quantitative estimate of drug-likeness (QED) is 0.800. The Morgan fingerprint density at radius 1 is 1.53 bits per heavy atom. The summed E-state index contributed by atoms with van der Waals surface area (Å²) in [5.41, 5.74) is 0.835. The molecule has 0 saturated heterocycles. The fourth-order valence-electron chi connectivity index (χ4n) is 1.37. The largest absolute Gasteiger partial charge is 0.343 e. The molecule has 1 rings (SSSR count). The van der Waals surface area contributed by atoms with Crippen molar-refractivity contribution in [2.75, 3.05) is 13.6 Å². The first-order valence-corrected chi connectivity index (χ1v) is 6.06. The number of likely N-dealkylation sites (N-methyl/N-ethyl adjacent to an activating group) is 1. The van der Waals surface area contributed by atoms with Crippen LogP contribution in [0, 0.1) is 25.2 Å². The first-order valence-electron chi connectivity index (χ1n) is 5.25. The Morgan fingerprint density at radius 2 is 2.18 bits per heavy atom. The fraction of sp³-hybridized carbons (Fsp3) is 0.545. The zero-order valence-electron chi connectivity index (χ0n) is 10.2. The first-order chi connectivity index (χ1) is 7.97. The average molecular weight is 253 g/mol. The van der Waals surface area contributed by atoms with Crippen LogP contribution < -0.4 is 4.87 Å². The second kappa shape index (κ2) is 5.64. The maximum absolute atomic E-state index is 11.8. The third-order valence-corrected chi connectivity index (χ3v) is 3.65. The summed E-state index contributed by atoms with van der Waals surface area (Å²) in [7, 11) is 1.64. The molecule has 0 spiro atoms. The van der Waals surface area contributed by atoms with E-state index in [0.717, 1.165) is 21.9 Å². The van der Waals surface area contributed by atoms with E-state index in [0.29, 0.717) is 13.0 Å². The van der Waals surface area contributed by atoms with Gasteiger partial charge in [-0.05, 0) is 13.8 Å². The smallest absolute Gasteiger partial charge is 0.308 e. The van der Waals surface area contributed by atoms with E-state index in [9.17, 15) is 9.59 Å². The predicted molar refractivity (Wildman–Crippen MR) is 65.9 cm³/mol. The van der Waals surface area contributed by atoms with Crippen molar-refractivity contribution < 1.29 is 4.79 Å². The molecule has 0 atom stereocenters. The lowest BCUT2D eigenvalue weighted by Gasteiger charge is -2.15. The Labute approximate surface area is 104 Å². The minimum atomic E-state index is -0.150. The highest BCUT2D eigenvalue weighted by Crippen LogP contribution is 2.09. The number of carbonyl (C=O) groups is 1. The SMILES string of the molecule is Cc1sc(=O)n(CC(=O)N(C)CCC#N)c1C. The van der Waals surface area contributed by atoms with Gasteiger partial charge in [0.1, 0.15) is 6.54 Å². The van der Waals surface area contributed by atoms with Crippen molar-refractivity contribution in [3.63, 3.8) is 0 Å². The summed E-state index contributed by atoms with van der Waals surface area (Å²) in [4.78, 5) is 25.7. The van der Waals surface area contributed by atoms with Crippen LogP contribution in [-0.2, 0) is 11.3 Å². The first kappa shape index (κ1) is 13.5. The zero-order valence-corrected chi connectivity index (χ0v) is 11.0. The monoisotopic (exact) mass is 253 g/mol. The Kier molecular flexibility index (Phi) is 4.46. The third-order valence-electron chi connectivity index (χ3n) is 2.65. The van der Waals surface area contributed by atoms with Crippen LogP contribution in [0.1, 0.15) is 17.0 Å². The van der Waals surface area contributed by atoms with Gasteiger partial charge in [0.2, 0.25) is 5.91 Å². The number of hydrogen-bond donors (Lipinski definition) is 0. The summed E-state index contributed by atoms with van der Waals surface area (Å²) in [5.74, 6) is -0.150. The molecule has 6 heteroatoms. The Hall–Kier alpha value is -1.61. The molecule has 0 aromatic carbocycles. The summed E-state index contributed by atoms with van der Waals surface area (Å²) in [6, 6.07) is 1.98. The number of carbonyl (C=O) groups excluding carboxylic acids is 1. The van der Waals surface area contributed by atoms with Crippen LogP contribution in [-0.4, -0.2) is 29.0 Å². The van der Waals surface area contributed by atoms with Gasteiger partial charge in [0.25, 0.3) is 0 Å². The number of nitriles is 1. The van der Waals surface area contributed by atoms with E-state index in [-0.39, 0.29) is 17.3 Å². The van der Waals surface area contributed by atoms with Gasteiger partial charge >= 0.3 is 4.87 Å². The molecule has 0 saturated carbocycles. The van der Waals surface area contributed by atoms with Gasteiger partial charge < -0.3 is 4.90 Å². The van der Waals surface area contributed by atoms with Gasteiger partial charge in [0, 0.05) is 24.2 Å². The molecule has 1 aromatic rings. The number of amides is 1. The molecule has 1 heterocycles. The topological polar surface area (TPSA) is 66.1 Å². The molecular formula is C11H15N3O2S. The number of nitrogens with zero attached hydrogens (tertiary/aromatic N) is 3. The van der Waals surface area contributed by atoms with Gasteiger partial charge in [0.05, 0.1) is 12.5 Å². The van der Waals surface area contributed by atoms with Gasteiger partial charge in [-0.3, -0.25) is 14.2 Å². The second-order valence-corrected chi connectivity index (χ2v) is 4.98. The predicted octanol–water partition coefficient (Wildman–Crippen LogP) is 0.899. The molecule has 5 nitrogen and oxygen atoms in total. The van der Waals surface area contributed by atoms with Crippen molar-refractivity contribution in [1.29, 1.82) is 5.26 Å². The molecule has 1 aromatic heterocycles. The lowest BCUT2D eigenvalue weighted by molar-refractivity contribution is -0.130. The van der Waals surface area contributed by atoms with Crippen LogP contribution in [0.4, 0.5) is 0 Å². The molecule has 0 fully saturated rings. The summed E-state index contributed by atoms with van der Waals surface area (Å²) < 4.78 is 1.48. The number of aromatic nitrogens is 1. The third kappa shape index (κ3) is 3.17. The van der Waals surface area contributed by atoms with Crippen molar-refractivity contribution in [2.45, 2.75) is 26.8 Å².